The van der Waals surface area contributed by atoms with Crippen LogP contribution in [0, 0.1) is 5.92 Å². The zero-order valence-electron chi connectivity index (χ0n) is 11.4. The van der Waals surface area contributed by atoms with Crippen LogP contribution in [-0.4, -0.2) is 39.5 Å². The van der Waals surface area contributed by atoms with Crippen LogP contribution in [0.2, 0.25) is 0 Å². The van der Waals surface area contributed by atoms with Crippen LogP contribution in [0.15, 0.2) is 30.5 Å². The van der Waals surface area contributed by atoms with E-state index >= 15 is 0 Å². The first-order chi connectivity index (χ1) is 9.58. The maximum atomic E-state index is 12.2. The van der Waals surface area contributed by atoms with Crippen molar-refractivity contribution in [3.8, 4) is 0 Å². The molecule has 106 valence electrons. The van der Waals surface area contributed by atoms with Crippen LogP contribution in [0.5, 0.6) is 0 Å². The quantitative estimate of drug-likeness (QED) is 0.803. The second-order valence-corrected chi connectivity index (χ2v) is 5.05. The summed E-state index contributed by atoms with van der Waals surface area (Å²) in [7, 11) is 0. The van der Waals surface area contributed by atoms with Gasteiger partial charge < -0.3 is 10.0 Å². The number of carbonyl (C=O) groups is 2. The van der Waals surface area contributed by atoms with E-state index in [4.69, 9.17) is 5.11 Å². The number of hydrogen-bond acceptors (Lipinski definition) is 3. The molecule has 1 aromatic heterocycles. The van der Waals surface area contributed by atoms with Crippen molar-refractivity contribution in [2.75, 3.05) is 6.54 Å². The molecule has 0 unspecified atom stereocenters. The highest BCUT2D eigenvalue weighted by molar-refractivity contribution is 5.92. The van der Waals surface area contributed by atoms with Crippen molar-refractivity contribution in [3.05, 3.63) is 36.2 Å². The minimum Gasteiger partial charge on any atom is -0.481 e. The molecular weight excluding hydrogens is 256 g/mol. The van der Waals surface area contributed by atoms with Gasteiger partial charge in [-0.1, -0.05) is 13.0 Å². The van der Waals surface area contributed by atoms with Crippen molar-refractivity contribution >= 4 is 18.0 Å². The number of aromatic nitrogens is 1. The normalized spacial score (nSPS) is 16.1. The van der Waals surface area contributed by atoms with Gasteiger partial charge in [0.15, 0.2) is 0 Å². The zero-order chi connectivity index (χ0) is 14.5. The molecule has 1 N–H and O–H groups in total. The number of aliphatic carboxylic acids is 1. The Hall–Kier alpha value is -2.17. The van der Waals surface area contributed by atoms with Crippen LogP contribution in [0.3, 0.4) is 0 Å². The number of nitrogens with zero attached hydrogens (tertiary/aromatic N) is 2. The molecule has 1 fully saturated rings. The van der Waals surface area contributed by atoms with Gasteiger partial charge in [0, 0.05) is 24.9 Å². The average molecular weight is 274 g/mol. The summed E-state index contributed by atoms with van der Waals surface area (Å²) < 4.78 is 0. The van der Waals surface area contributed by atoms with E-state index in [0.29, 0.717) is 5.69 Å². The first-order valence-electron chi connectivity index (χ1n) is 6.70. The van der Waals surface area contributed by atoms with E-state index in [1.54, 1.807) is 24.1 Å². The highest BCUT2D eigenvalue weighted by Crippen LogP contribution is 2.28. The van der Waals surface area contributed by atoms with Crippen molar-refractivity contribution in [3.63, 3.8) is 0 Å². The van der Waals surface area contributed by atoms with Gasteiger partial charge in [0.2, 0.25) is 5.91 Å². The van der Waals surface area contributed by atoms with Gasteiger partial charge in [-0.15, -0.1) is 0 Å². The SMILES string of the molecule is C[C@@H](CN(C(=O)/C=C/c1ccccn1)C1CC1)C(=O)O. The summed E-state index contributed by atoms with van der Waals surface area (Å²) in [5.41, 5.74) is 0.711. The number of carboxylic acids is 1. The van der Waals surface area contributed by atoms with Crippen molar-refractivity contribution in [1.29, 1.82) is 0 Å². The monoisotopic (exact) mass is 274 g/mol. The highest BCUT2D eigenvalue weighted by Gasteiger charge is 2.33. The third kappa shape index (κ3) is 3.91. The lowest BCUT2D eigenvalue weighted by molar-refractivity contribution is -0.142. The maximum Gasteiger partial charge on any atom is 0.308 e. The Morgan fingerprint density at radius 2 is 2.25 bits per heavy atom. The van der Waals surface area contributed by atoms with Crippen LogP contribution in [-0.2, 0) is 9.59 Å². The van der Waals surface area contributed by atoms with E-state index in [1.807, 2.05) is 18.2 Å². The molecule has 0 bridgehead atoms. The molecule has 0 aliphatic heterocycles. The number of carbonyl (C=O) groups excluding carboxylic acids is 1. The van der Waals surface area contributed by atoms with E-state index in [0.717, 1.165) is 12.8 Å². The number of hydrogen-bond donors (Lipinski definition) is 1. The Labute approximate surface area is 117 Å². The molecule has 1 aliphatic rings. The lowest BCUT2D eigenvalue weighted by Gasteiger charge is -2.22. The van der Waals surface area contributed by atoms with Crippen LogP contribution in [0.25, 0.3) is 6.08 Å². The molecule has 1 aromatic rings. The Balaban J connectivity index is 2.00. The van der Waals surface area contributed by atoms with Gasteiger partial charge >= 0.3 is 5.97 Å². The third-order valence-corrected chi connectivity index (χ3v) is 3.25. The first-order valence-corrected chi connectivity index (χ1v) is 6.70. The molecule has 0 radical (unpaired) electrons. The van der Waals surface area contributed by atoms with Crippen LogP contribution < -0.4 is 0 Å². The summed E-state index contributed by atoms with van der Waals surface area (Å²) in [5, 5.41) is 8.96. The zero-order valence-corrected chi connectivity index (χ0v) is 11.4. The van der Waals surface area contributed by atoms with Crippen molar-refractivity contribution < 1.29 is 14.7 Å². The molecule has 1 aliphatic carbocycles. The highest BCUT2D eigenvalue weighted by atomic mass is 16.4. The van der Waals surface area contributed by atoms with Gasteiger partial charge in [0.25, 0.3) is 0 Å². The Kier molecular flexibility index (Phi) is 4.50. The van der Waals surface area contributed by atoms with Gasteiger partial charge in [0.05, 0.1) is 11.6 Å². The first kappa shape index (κ1) is 14.2. The second kappa shape index (κ2) is 6.32. The van der Waals surface area contributed by atoms with Crippen LogP contribution in [0.1, 0.15) is 25.5 Å². The minimum atomic E-state index is -0.878. The average Bonchev–Trinajstić information content (AvgIpc) is 3.27. The summed E-state index contributed by atoms with van der Waals surface area (Å²) in [6, 6.07) is 5.66. The number of pyridine rings is 1. The summed E-state index contributed by atoms with van der Waals surface area (Å²) in [5.74, 6) is -1.58. The molecule has 20 heavy (non-hydrogen) atoms. The fourth-order valence-corrected chi connectivity index (χ4v) is 1.91. The molecule has 5 heteroatoms. The number of carboxylic acid groups (broad SMARTS) is 1. The van der Waals surface area contributed by atoms with E-state index in [9.17, 15) is 9.59 Å². The molecule has 1 amide bonds. The molecule has 2 rings (SSSR count). The van der Waals surface area contributed by atoms with Gasteiger partial charge in [-0.3, -0.25) is 14.6 Å². The molecule has 5 nitrogen and oxygen atoms in total. The topological polar surface area (TPSA) is 70.5 Å². The number of amides is 1. The fraction of sp³-hybridized carbons (Fsp3) is 0.400. The van der Waals surface area contributed by atoms with Gasteiger partial charge in [0.1, 0.15) is 0 Å². The van der Waals surface area contributed by atoms with Crippen LogP contribution in [0.4, 0.5) is 0 Å². The van der Waals surface area contributed by atoms with Crippen LogP contribution >= 0.6 is 0 Å². The van der Waals surface area contributed by atoms with E-state index in [2.05, 4.69) is 4.98 Å². The van der Waals surface area contributed by atoms with Gasteiger partial charge in [-0.2, -0.15) is 0 Å². The Bertz CT molecular complexity index is 509. The molecule has 1 heterocycles. The standard InChI is InChI=1S/C15H18N2O3/c1-11(15(19)20)10-17(13-6-7-13)14(18)8-5-12-4-2-3-9-16-12/h2-5,8-9,11,13H,6-7,10H2,1H3,(H,19,20)/b8-5+/t11-/m0/s1. The van der Waals surface area contributed by atoms with Gasteiger partial charge in [-0.25, -0.2) is 0 Å². The molecule has 0 aromatic carbocycles. The van der Waals surface area contributed by atoms with E-state index < -0.39 is 11.9 Å². The predicted octanol–water partition coefficient (Wildman–Crippen LogP) is 1.81. The summed E-state index contributed by atoms with van der Waals surface area (Å²) in [6.45, 7) is 1.87. The molecule has 0 spiro atoms. The summed E-state index contributed by atoms with van der Waals surface area (Å²) in [4.78, 5) is 28.8. The molecule has 0 saturated heterocycles. The Morgan fingerprint density at radius 1 is 1.50 bits per heavy atom. The molecule has 1 atom stereocenters. The minimum absolute atomic E-state index is 0.147. The van der Waals surface area contributed by atoms with Crippen molar-refractivity contribution in [2.45, 2.75) is 25.8 Å². The fourth-order valence-electron chi connectivity index (χ4n) is 1.91. The van der Waals surface area contributed by atoms with E-state index in [-0.39, 0.29) is 18.5 Å². The maximum absolute atomic E-state index is 12.2. The van der Waals surface area contributed by atoms with Crippen molar-refractivity contribution in [2.24, 2.45) is 5.92 Å². The number of rotatable bonds is 6. The van der Waals surface area contributed by atoms with E-state index in [1.165, 1.54) is 6.08 Å². The summed E-state index contributed by atoms with van der Waals surface area (Å²) >= 11 is 0. The largest absolute Gasteiger partial charge is 0.481 e. The van der Waals surface area contributed by atoms with Crippen molar-refractivity contribution in [1.82, 2.24) is 9.88 Å². The summed E-state index contributed by atoms with van der Waals surface area (Å²) in [6.07, 6.45) is 6.69. The smallest absolute Gasteiger partial charge is 0.308 e. The second-order valence-electron chi connectivity index (χ2n) is 5.05. The third-order valence-electron chi connectivity index (χ3n) is 3.25. The lowest BCUT2D eigenvalue weighted by atomic mass is 10.1. The molecule has 1 saturated carbocycles. The lowest BCUT2D eigenvalue weighted by Crippen LogP contribution is -2.37. The Morgan fingerprint density at radius 3 is 2.80 bits per heavy atom. The predicted molar refractivity (Wildman–Crippen MR) is 74.8 cm³/mol. The van der Waals surface area contributed by atoms with Gasteiger partial charge in [-0.05, 0) is 31.1 Å². The molecular formula is C15H18N2O3.